The molecular weight excluding hydrogens is 260 g/mol. The van der Waals surface area contributed by atoms with E-state index in [4.69, 9.17) is 5.73 Å². The molecule has 0 spiro atoms. The molecule has 1 fully saturated rings. The maximum absolute atomic E-state index is 5.93. The molecule has 1 atom stereocenters. The summed E-state index contributed by atoms with van der Waals surface area (Å²) < 4.78 is 0. The minimum Gasteiger partial charge on any atom is -0.383 e. The zero-order valence-corrected chi connectivity index (χ0v) is 13.5. The van der Waals surface area contributed by atoms with Crippen molar-refractivity contribution in [1.82, 2.24) is 4.90 Å². The number of nitrogens with zero attached hydrogens (tertiary/aromatic N) is 2. The summed E-state index contributed by atoms with van der Waals surface area (Å²) in [4.78, 5) is 5.03. The van der Waals surface area contributed by atoms with E-state index in [1.807, 2.05) is 0 Å². The Morgan fingerprint density at radius 2 is 1.76 bits per heavy atom. The zero-order valence-electron chi connectivity index (χ0n) is 13.5. The summed E-state index contributed by atoms with van der Waals surface area (Å²) in [5.41, 5.74) is 8.42. The molecule has 0 bridgehead atoms. The number of anilines is 2. The standard InChI is InChI=1S/C17H30N4/c1-3-9-20-10-12-21(13-11-20)17-7-5-16(6-8-17)19-14-15(18)4-2/h5-8,15,19H,3-4,9-14,18H2,1-2H3. The second kappa shape index (κ2) is 8.25. The lowest BCUT2D eigenvalue weighted by atomic mass is 10.2. The third-order valence-electron chi connectivity index (χ3n) is 4.24. The smallest absolute Gasteiger partial charge is 0.0368 e. The van der Waals surface area contributed by atoms with Crippen LogP contribution in [0.3, 0.4) is 0 Å². The quantitative estimate of drug-likeness (QED) is 0.809. The van der Waals surface area contributed by atoms with Crippen LogP contribution in [0.5, 0.6) is 0 Å². The molecule has 4 heteroatoms. The van der Waals surface area contributed by atoms with Crippen molar-refractivity contribution in [3.8, 4) is 0 Å². The van der Waals surface area contributed by atoms with Crippen LogP contribution in [-0.4, -0.2) is 50.2 Å². The third kappa shape index (κ3) is 4.90. The first kappa shape index (κ1) is 16.1. The largest absolute Gasteiger partial charge is 0.383 e. The van der Waals surface area contributed by atoms with Crippen LogP contribution in [0.1, 0.15) is 26.7 Å². The number of hydrogen-bond acceptors (Lipinski definition) is 4. The van der Waals surface area contributed by atoms with Gasteiger partial charge in [-0.3, -0.25) is 4.90 Å². The highest BCUT2D eigenvalue weighted by Gasteiger charge is 2.16. The van der Waals surface area contributed by atoms with Crippen LogP contribution in [0.4, 0.5) is 11.4 Å². The molecule has 0 aromatic heterocycles. The summed E-state index contributed by atoms with van der Waals surface area (Å²) in [6, 6.07) is 8.99. The number of nitrogens with one attached hydrogen (secondary N) is 1. The molecule has 1 saturated heterocycles. The van der Waals surface area contributed by atoms with Crippen molar-refractivity contribution in [2.24, 2.45) is 5.73 Å². The highest BCUT2D eigenvalue weighted by molar-refractivity contribution is 5.55. The van der Waals surface area contributed by atoms with Crippen molar-refractivity contribution in [3.63, 3.8) is 0 Å². The van der Waals surface area contributed by atoms with E-state index in [0.717, 1.165) is 31.7 Å². The van der Waals surface area contributed by atoms with Crippen LogP contribution in [-0.2, 0) is 0 Å². The predicted octanol–water partition coefficient (Wildman–Crippen LogP) is 2.37. The summed E-state index contributed by atoms with van der Waals surface area (Å²) in [5.74, 6) is 0. The third-order valence-corrected chi connectivity index (χ3v) is 4.24. The first-order chi connectivity index (χ1) is 10.2. The minimum atomic E-state index is 0.233. The topological polar surface area (TPSA) is 44.5 Å². The van der Waals surface area contributed by atoms with Gasteiger partial charge >= 0.3 is 0 Å². The number of rotatable bonds is 7. The van der Waals surface area contributed by atoms with E-state index < -0.39 is 0 Å². The average molecular weight is 290 g/mol. The molecule has 1 aliphatic heterocycles. The maximum Gasteiger partial charge on any atom is 0.0368 e. The van der Waals surface area contributed by atoms with Gasteiger partial charge in [-0.05, 0) is 43.7 Å². The highest BCUT2D eigenvalue weighted by Crippen LogP contribution is 2.19. The highest BCUT2D eigenvalue weighted by atomic mass is 15.3. The SMILES string of the molecule is CCCN1CCN(c2ccc(NCC(N)CC)cc2)CC1. The van der Waals surface area contributed by atoms with E-state index in [9.17, 15) is 0 Å². The van der Waals surface area contributed by atoms with Crippen molar-refractivity contribution in [3.05, 3.63) is 24.3 Å². The second-order valence-corrected chi connectivity index (χ2v) is 5.92. The molecule has 0 saturated carbocycles. The second-order valence-electron chi connectivity index (χ2n) is 5.92. The van der Waals surface area contributed by atoms with Gasteiger partial charge < -0.3 is 16.0 Å². The zero-order chi connectivity index (χ0) is 15.1. The van der Waals surface area contributed by atoms with Crippen LogP contribution < -0.4 is 16.0 Å². The Hall–Kier alpha value is -1.26. The lowest BCUT2D eigenvalue weighted by Gasteiger charge is -2.36. The van der Waals surface area contributed by atoms with Gasteiger partial charge in [-0.15, -0.1) is 0 Å². The molecule has 2 rings (SSSR count). The summed E-state index contributed by atoms with van der Waals surface area (Å²) in [7, 11) is 0. The average Bonchev–Trinajstić information content (AvgIpc) is 2.54. The van der Waals surface area contributed by atoms with E-state index in [1.165, 1.54) is 31.7 Å². The van der Waals surface area contributed by atoms with Gasteiger partial charge in [-0.2, -0.15) is 0 Å². The predicted molar refractivity (Wildman–Crippen MR) is 92.1 cm³/mol. The van der Waals surface area contributed by atoms with Crippen LogP contribution in [0.25, 0.3) is 0 Å². The van der Waals surface area contributed by atoms with E-state index in [0.29, 0.717) is 0 Å². The molecule has 1 unspecified atom stereocenters. The lowest BCUT2D eigenvalue weighted by Crippen LogP contribution is -2.46. The van der Waals surface area contributed by atoms with E-state index in [2.05, 4.69) is 53.2 Å². The molecular formula is C17H30N4. The molecule has 118 valence electrons. The Labute approximate surface area is 129 Å². The van der Waals surface area contributed by atoms with Crippen molar-refractivity contribution in [2.75, 3.05) is 49.5 Å². The van der Waals surface area contributed by atoms with Gasteiger partial charge in [0.05, 0.1) is 0 Å². The number of benzene rings is 1. The van der Waals surface area contributed by atoms with E-state index in [-0.39, 0.29) is 6.04 Å². The summed E-state index contributed by atoms with van der Waals surface area (Å²) in [6.07, 6.45) is 2.26. The number of hydrogen-bond donors (Lipinski definition) is 2. The van der Waals surface area contributed by atoms with Crippen molar-refractivity contribution < 1.29 is 0 Å². The molecule has 1 aromatic rings. The lowest BCUT2D eigenvalue weighted by molar-refractivity contribution is 0.258. The van der Waals surface area contributed by atoms with Crippen LogP contribution in [0.2, 0.25) is 0 Å². The minimum absolute atomic E-state index is 0.233. The Morgan fingerprint density at radius 1 is 1.10 bits per heavy atom. The van der Waals surface area contributed by atoms with Crippen molar-refractivity contribution >= 4 is 11.4 Å². The fourth-order valence-electron chi connectivity index (χ4n) is 2.73. The van der Waals surface area contributed by atoms with Crippen molar-refractivity contribution in [2.45, 2.75) is 32.7 Å². The van der Waals surface area contributed by atoms with Crippen LogP contribution >= 0.6 is 0 Å². The normalized spacial score (nSPS) is 17.8. The van der Waals surface area contributed by atoms with E-state index >= 15 is 0 Å². The fourth-order valence-corrected chi connectivity index (χ4v) is 2.73. The van der Waals surface area contributed by atoms with Gasteiger partial charge in [0.1, 0.15) is 0 Å². The van der Waals surface area contributed by atoms with Gasteiger partial charge in [0.15, 0.2) is 0 Å². The van der Waals surface area contributed by atoms with Gasteiger partial charge in [-0.1, -0.05) is 13.8 Å². The number of nitrogens with two attached hydrogens (primary N) is 1. The van der Waals surface area contributed by atoms with Gasteiger partial charge in [0.25, 0.3) is 0 Å². The molecule has 1 aliphatic rings. The molecule has 21 heavy (non-hydrogen) atoms. The molecule has 1 heterocycles. The Bertz CT molecular complexity index is 396. The first-order valence-corrected chi connectivity index (χ1v) is 8.29. The van der Waals surface area contributed by atoms with E-state index in [1.54, 1.807) is 0 Å². The first-order valence-electron chi connectivity index (χ1n) is 8.29. The maximum atomic E-state index is 5.93. The summed E-state index contributed by atoms with van der Waals surface area (Å²) >= 11 is 0. The number of piperazine rings is 1. The Balaban J connectivity index is 1.82. The van der Waals surface area contributed by atoms with Crippen LogP contribution in [0.15, 0.2) is 24.3 Å². The summed E-state index contributed by atoms with van der Waals surface area (Å²) in [5, 5.41) is 3.40. The molecule has 1 aromatic carbocycles. The van der Waals surface area contributed by atoms with Gasteiger partial charge in [0, 0.05) is 50.1 Å². The monoisotopic (exact) mass is 290 g/mol. The molecule has 0 amide bonds. The summed E-state index contributed by atoms with van der Waals surface area (Å²) in [6.45, 7) is 11.1. The fraction of sp³-hybridized carbons (Fsp3) is 0.647. The molecule has 0 radical (unpaired) electrons. The molecule has 4 nitrogen and oxygen atoms in total. The molecule has 3 N–H and O–H groups in total. The van der Waals surface area contributed by atoms with Crippen molar-refractivity contribution in [1.29, 1.82) is 0 Å². The van der Waals surface area contributed by atoms with Gasteiger partial charge in [-0.25, -0.2) is 0 Å². The Morgan fingerprint density at radius 3 is 2.33 bits per heavy atom. The molecule has 0 aliphatic carbocycles. The van der Waals surface area contributed by atoms with Crippen LogP contribution in [0, 0.1) is 0 Å². The Kier molecular flexibility index (Phi) is 6.33. The van der Waals surface area contributed by atoms with Gasteiger partial charge in [0.2, 0.25) is 0 Å².